The zero-order valence-electron chi connectivity index (χ0n) is 9.05. The van der Waals surface area contributed by atoms with E-state index in [0.29, 0.717) is 11.3 Å². The molecule has 3 nitrogen and oxygen atoms in total. The third kappa shape index (κ3) is 2.39. The summed E-state index contributed by atoms with van der Waals surface area (Å²) in [6.45, 7) is 3.33. The molecule has 0 saturated heterocycles. The van der Waals surface area contributed by atoms with E-state index in [1.54, 1.807) is 30.3 Å². The number of carbonyl (C=O) groups excluding carboxylic acids is 2. The third-order valence-electron chi connectivity index (χ3n) is 2.36. The Morgan fingerprint density at radius 2 is 1.82 bits per heavy atom. The zero-order chi connectivity index (χ0) is 12.3. The summed E-state index contributed by atoms with van der Waals surface area (Å²) < 4.78 is 5.00. The molecule has 0 heterocycles. The maximum absolute atomic E-state index is 11.0. The highest BCUT2D eigenvalue weighted by molar-refractivity contribution is 5.90. The van der Waals surface area contributed by atoms with Crippen LogP contribution < -0.4 is 4.74 Å². The van der Waals surface area contributed by atoms with Gasteiger partial charge in [0.2, 0.25) is 0 Å². The summed E-state index contributed by atoms with van der Waals surface area (Å²) in [5.74, 6) is -0.0323. The van der Waals surface area contributed by atoms with Gasteiger partial charge in [-0.15, -0.1) is 0 Å². The molecular weight excluding hydrogens is 216 g/mol. The van der Waals surface area contributed by atoms with Crippen LogP contribution in [0.25, 0.3) is 10.8 Å². The number of esters is 1. The molecular formula is C14H10O3. The van der Waals surface area contributed by atoms with Crippen LogP contribution in [-0.4, -0.2) is 12.3 Å². The first-order valence-electron chi connectivity index (χ1n) is 5.06. The predicted octanol–water partition coefficient (Wildman–Crippen LogP) is 2.74. The molecule has 0 unspecified atom stereocenters. The van der Waals surface area contributed by atoms with Gasteiger partial charge in [0.15, 0.2) is 0 Å². The third-order valence-corrected chi connectivity index (χ3v) is 2.36. The Balaban J connectivity index is 2.41. The lowest BCUT2D eigenvalue weighted by Gasteiger charge is -2.03. The van der Waals surface area contributed by atoms with Crippen molar-refractivity contribution in [2.24, 2.45) is 0 Å². The fourth-order valence-corrected chi connectivity index (χ4v) is 1.54. The van der Waals surface area contributed by atoms with E-state index in [1.807, 2.05) is 6.07 Å². The van der Waals surface area contributed by atoms with Gasteiger partial charge in [-0.2, -0.15) is 0 Å². The molecule has 0 bridgehead atoms. The van der Waals surface area contributed by atoms with Gasteiger partial charge < -0.3 is 4.74 Å². The summed E-state index contributed by atoms with van der Waals surface area (Å²) in [7, 11) is 0. The van der Waals surface area contributed by atoms with Gasteiger partial charge in [-0.05, 0) is 29.0 Å². The van der Waals surface area contributed by atoms with Gasteiger partial charge in [-0.3, -0.25) is 4.79 Å². The highest BCUT2D eigenvalue weighted by atomic mass is 16.5. The molecule has 0 atom stereocenters. The second-order valence-corrected chi connectivity index (χ2v) is 3.51. The molecule has 17 heavy (non-hydrogen) atoms. The smallest absolute Gasteiger partial charge is 0.335 e. The quantitative estimate of drug-likeness (QED) is 0.350. The van der Waals surface area contributed by atoms with Crippen LogP contribution in [0.1, 0.15) is 10.4 Å². The second kappa shape index (κ2) is 4.61. The molecule has 0 fully saturated rings. The Labute approximate surface area is 98.3 Å². The van der Waals surface area contributed by atoms with Crippen molar-refractivity contribution in [1.82, 2.24) is 0 Å². The maximum atomic E-state index is 11.0. The summed E-state index contributed by atoms with van der Waals surface area (Å²) in [6.07, 6.45) is 1.91. The van der Waals surface area contributed by atoms with Gasteiger partial charge in [0.05, 0.1) is 0 Å². The molecule has 2 aromatic carbocycles. The average molecular weight is 226 g/mol. The minimum absolute atomic E-state index is 0.459. The van der Waals surface area contributed by atoms with Gasteiger partial charge in [0.25, 0.3) is 0 Å². The van der Waals surface area contributed by atoms with E-state index < -0.39 is 5.97 Å². The minimum atomic E-state index is -0.492. The van der Waals surface area contributed by atoms with Crippen LogP contribution >= 0.6 is 0 Å². The lowest BCUT2D eigenvalue weighted by molar-refractivity contribution is -0.128. The number of fused-ring (bicyclic) bond motifs is 1. The predicted molar refractivity (Wildman–Crippen MR) is 65.2 cm³/mol. The summed E-state index contributed by atoms with van der Waals surface area (Å²) >= 11 is 0. The van der Waals surface area contributed by atoms with Crippen LogP contribution in [0.15, 0.2) is 49.1 Å². The van der Waals surface area contributed by atoms with Crippen molar-refractivity contribution in [3.05, 3.63) is 54.6 Å². The highest BCUT2D eigenvalue weighted by Crippen LogP contribution is 2.21. The number of aldehydes is 1. The van der Waals surface area contributed by atoms with Crippen LogP contribution in [0, 0.1) is 0 Å². The maximum Gasteiger partial charge on any atom is 0.335 e. The molecule has 2 aromatic rings. The zero-order valence-corrected chi connectivity index (χ0v) is 9.05. The van der Waals surface area contributed by atoms with E-state index in [-0.39, 0.29) is 0 Å². The number of hydrogen-bond acceptors (Lipinski definition) is 3. The summed E-state index contributed by atoms with van der Waals surface area (Å²) in [5.41, 5.74) is 0.619. The van der Waals surface area contributed by atoms with Crippen LogP contribution in [-0.2, 0) is 4.79 Å². The molecule has 0 N–H and O–H groups in total. The van der Waals surface area contributed by atoms with Crippen molar-refractivity contribution >= 4 is 23.0 Å². The molecule has 0 aromatic heterocycles. The van der Waals surface area contributed by atoms with Gasteiger partial charge in [-0.1, -0.05) is 24.8 Å². The molecule has 84 valence electrons. The van der Waals surface area contributed by atoms with Crippen molar-refractivity contribution in [2.75, 3.05) is 0 Å². The lowest BCUT2D eigenvalue weighted by Crippen LogP contribution is -2.02. The fraction of sp³-hybridized carbons (Fsp3) is 0. The van der Waals surface area contributed by atoms with Crippen LogP contribution in [0.2, 0.25) is 0 Å². The van der Waals surface area contributed by atoms with E-state index in [2.05, 4.69) is 6.58 Å². The number of rotatable bonds is 3. The topological polar surface area (TPSA) is 43.4 Å². The number of benzene rings is 2. The van der Waals surface area contributed by atoms with Crippen LogP contribution in [0.5, 0.6) is 5.75 Å². The summed E-state index contributed by atoms with van der Waals surface area (Å²) in [4.78, 5) is 21.7. The molecule has 0 aliphatic carbocycles. The number of carbonyl (C=O) groups is 2. The molecule has 0 spiro atoms. The Kier molecular flexibility index (Phi) is 3.01. The van der Waals surface area contributed by atoms with E-state index >= 15 is 0 Å². The standard InChI is InChI=1S/C14H10O3/c1-2-14(16)17-13-6-5-11-7-10(9-15)3-4-12(11)8-13/h2-9H,1H2. The van der Waals surface area contributed by atoms with E-state index in [9.17, 15) is 9.59 Å². The van der Waals surface area contributed by atoms with Crippen molar-refractivity contribution in [1.29, 1.82) is 0 Å². The molecule has 0 saturated carbocycles. The fourth-order valence-electron chi connectivity index (χ4n) is 1.54. The van der Waals surface area contributed by atoms with Crippen LogP contribution in [0.4, 0.5) is 0 Å². The van der Waals surface area contributed by atoms with Gasteiger partial charge in [0.1, 0.15) is 12.0 Å². The van der Waals surface area contributed by atoms with Crippen molar-refractivity contribution in [3.8, 4) is 5.75 Å². The molecule has 0 aliphatic heterocycles. The van der Waals surface area contributed by atoms with Crippen LogP contribution in [0.3, 0.4) is 0 Å². The SMILES string of the molecule is C=CC(=O)Oc1ccc2cc(C=O)ccc2c1. The first-order chi connectivity index (χ1) is 8.22. The molecule has 0 amide bonds. The Bertz CT molecular complexity index is 599. The van der Waals surface area contributed by atoms with Gasteiger partial charge in [0, 0.05) is 11.6 Å². The average Bonchev–Trinajstić information content (AvgIpc) is 2.38. The Morgan fingerprint density at radius 1 is 1.12 bits per heavy atom. The highest BCUT2D eigenvalue weighted by Gasteiger charge is 2.02. The lowest BCUT2D eigenvalue weighted by atomic mass is 10.1. The first-order valence-corrected chi connectivity index (χ1v) is 5.06. The summed E-state index contributed by atoms with van der Waals surface area (Å²) in [5, 5.41) is 1.83. The van der Waals surface area contributed by atoms with Crippen molar-refractivity contribution < 1.29 is 14.3 Å². The number of hydrogen-bond donors (Lipinski definition) is 0. The van der Waals surface area contributed by atoms with E-state index in [0.717, 1.165) is 23.1 Å². The molecule has 2 rings (SSSR count). The largest absolute Gasteiger partial charge is 0.423 e. The normalized spacial score (nSPS) is 9.88. The minimum Gasteiger partial charge on any atom is -0.423 e. The van der Waals surface area contributed by atoms with E-state index in [1.165, 1.54) is 0 Å². The monoisotopic (exact) mass is 226 g/mol. The summed E-state index contributed by atoms with van der Waals surface area (Å²) in [6, 6.07) is 10.5. The Hall–Kier alpha value is -2.42. The second-order valence-electron chi connectivity index (χ2n) is 3.51. The van der Waals surface area contributed by atoms with Gasteiger partial charge in [-0.25, -0.2) is 4.79 Å². The molecule has 0 aliphatic rings. The van der Waals surface area contributed by atoms with E-state index in [4.69, 9.17) is 4.74 Å². The molecule has 3 heteroatoms. The van der Waals surface area contributed by atoms with Crippen molar-refractivity contribution in [2.45, 2.75) is 0 Å². The molecule has 0 radical (unpaired) electrons. The Morgan fingerprint density at radius 3 is 2.53 bits per heavy atom. The van der Waals surface area contributed by atoms with Gasteiger partial charge >= 0.3 is 5.97 Å². The van der Waals surface area contributed by atoms with Crippen molar-refractivity contribution in [3.63, 3.8) is 0 Å². The number of ether oxygens (including phenoxy) is 1. The first kappa shape index (κ1) is 11.1.